The molecular formula is C11H19N3O2. The van der Waals surface area contributed by atoms with Gasteiger partial charge in [0.1, 0.15) is 5.82 Å². The van der Waals surface area contributed by atoms with Crippen molar-refractivity contribution < 1.29 is 9.90 Å². The SMILES string of the molecule is CCc1nc(CC)n(C(C(=O)O)C(C)C)n1. The van der Waals surface area contributed by atoms with E-state index in [2.05, 4.69) is 10.1 Å². The summed E-state index contributed by atoms with van der Waals surface area (Å²) >= 11 is 0. The molecule has 0 amide bonds. The summed E-state index contributed by atoms with van der Waals surface area (Å²) in [6.07, 6.45) is 1.42. The van der Waals surface area contributed by atoms with Crippen molar-refractivity contribution in [2.24, 2.45) is 5.92 Å². The maximum atomic E-state index is 11.2. The van der Waals surface area contributed by atoms with Crippen molar-refractivity contribution in [1.29, 1.82) is 0 Å². The van der Waals surface area contributed by atoms with E-state index in [4.69, 9.17) is 0 Å². The zero-order chi connectivity index (χ0) is 12.3. The van der Waals surface area contributed by atoms with E-state index in [0.717, 1.165) is 12.2 Å². The Hall–Kier alpha value is -1.39. The number of aliphatic carboxylic acids is 1. The van der Waals surface area contributed by atoms with E-state index in [1.165, 1.54) is 0 Å². The third-order valence-corrected chi connectivity index (χ3v) is 2.53. The van der Waals surface area contributed by atoms with Crippen LogP contribution in [0.2, 0.25) is 0 Å². The average molecular weight is 225 g/mol. The number of hydrogen-bond acceptors (Lipinski definition) is 3. The molecule has 0 aliphatic carbocycles. The van der Waals surface area contributed by atoms with Crippen molar-refractivity contribution >= 4 is 5.97 Å². The first-order chi connectivity index (χ1) is 7.51. The number of rotatable bonds is 5. The lowest BCUT2D eigenvalue weighted by atomic mass is 10.1. The molecule has 16 heavy (non-hydrogen) atoms. The number of carboxylic acid groups (broad SMARTS) is 1. The molecular weight excluding hydrogens is 206 g/mol. The molecule has 0 bridgehead atoms. The molecule has 0 fully saturated rings. The van der Waals surface area contributed by atoms with Crippen LogP contribution in [0.4, 0.5) is 0 Å². The van der Waals surface area contributed by atoms with Crippen LogP contribution < -0.4 is 0 Å². The van der Waals surface area contributed by atoms with Crippen molar-refractivity contribution in [3.63, 3.8) is 0 Å². The fraction of sp³-hybridized carbons (Fsp3) is 0.727. The summed E-state index contributed by atoms with van der Waals surface area (Å²) in [6.45, 7) is 7.68. The lowest BCUT2D eigenvalue weighted by molar-refractivity contribution is -0.142. The Kier molecular flexibility index (Phi) is 4.04. The Morgan fingerprint density at radius 1 is 1.38 bits per heavy atom. The topological polar surface area (TPSA) is 68.0 Å². The number of aryl methyl sites for hydroxylation is 2. The Labute approximate surface area is 95.5 Å². The molecule has 0 saturated heterocycles. The molecule has 0 radical (unpaired) electrons. The largest absolute Gasteiger partial charge is 0.480 e. The lowest BCUT2D eigenvalue weighted by Crippen LogP contribution is -2.26. The van der Waals surface area contributed by atoms with Gasteiger partial charge in [-0.1, -0.05) is 27.7 Å². The van der Waals surface area contributed by atoms with Gasteiger partial charge in [0.25, 0.3) is 0 Å². The van der Waals surface area contributed by atoms with Crippen molar-refractivity contribution in [3.05, 3.63) is 11.6 Å². The minimum Gasteiger partial charge on any atom is -0.480 e. The second kappa shape index (κ2) is 5.09. The summed E-state index contributed by atoms with van der Waals surface area (Å²) in [6, 6.07) is -0.622. The summed E-state index contributed by atoms with van der Waals surface area (Å²) in [5.41, 5.74) is 0. The van der Waals surface area contributed by atoms with E-state index >= 15 is 0 Å². The Morgan fingerprint density at radius 3 is 2.38 bits per heavy atom. The molecule has 1 N–H and O–H groups in total. The van der Waals surface area contributed by atoms with Gasteiger partial charge in [-0.15, -0.1) is 0 Å². The highest BCUT2D eigenvalue weighted by Crippen LogP contribution is 2.19. The quantitative estimate of drug-likeness (QED) is 0.827. The second-order valence-corrected chi connectivity index (χ2v) is 4.12. The first kappa shape index (κ1) is 12.7. The van der Waals surface area contributed by atoms with Gasteiger partial charge in [0.2, 0.25) is 0 Å². The van der Waals surface area contributed by atoms with E-state index < -0.39 is 12.0 Å². The normalized spacial score (nSPS) is 13.1. The van der Waals surface area contributed by atoms with Crippen molar-refractivity contribution in [1.82, 2.24) is 14.8 Å². The van der Waals surface area contributed by atoms with Crippen LogP contribution >= 0.6 is 0 Å². The summed E-state index contributed by atoms with van der Waals surface area (Å²) in [4.78, 5) is 15.5. The molecule has 1 rings (SSSR count). The third-order valence-electron chi connectivity index (χ3n) is 2.53. The number of aromatic nitrogens is 3. The maximum Gasteiger partial charge on any atom is 0.328 e. The van der Waals surface area contributed by atoms with Crippen molar-refractivity contribution in [3.8, 4) is 0 Å². The van der Waals surface area contributed by atoms with Crippen LogP contribution in [0.5, 0.6) is 0 Å². The summed E-state index contributed by atoms with van der Waals surface area (Å²) < 4.78 is 1.56. The summed E-state index contributed by atoms with van der Waals surface area (Å²) in [5.74, 6) is 0.605. The molecule has 1 atom stereocenters. The van der Waals surface area contributed by atoms with Crippen LogP contribution in [0.25, 0.3) is 0 Å². The lowest BCUT2D eigenvalue weighted by Gasteiger charge is -2.17. The summed E-state index contributed by atoms with van der Waals surface area (Å²) in [7, 11) is 0. The number of nitrogens with zero attached hydrogens (tertiary/aromatic N) is 3. The first-order valence-electron chi connectivity index (χ1n) is 5.68. The minimum atomic E-state index is -0.850. The zero-order valence-corrected chi connectivity index (χ0v) is 10.3. The Balaban J connectivity index is 3.17. The van der Waals surface area contributed by atoms with Gasteiger partial charge in [-0.2, -0.15) is 5.10 Å². The Morgan fingerprint density at radius 2 is 2.00 bits per heavy atom. The summed E-state index contributed by atoms with van der Waals surface area (Å²) in [5, 5.41) is 13.5. The molecule has 1 heterocycles. The average Bonchev–Trinajstić information content (AvgIpc) is 2.60. The number of hydrogen-bond donors (Lipinski definition) is 1. The maximum absolute atomic E-state index is 11.2. The zero-order valence-electron chi connectivity index (χ0n) is 10.3. The van der Waals surface area contributed by atoms with Crippen LogP contribution in [0.15, 0.2) is 0 Å². The van der Waals surface area contributed by atoms with Crippen LogP contribution in [0.3, 0.4) is 0 Å². The van der Waals surface area contributed by atoms with Gasteiger partial charge in [-0.3, -0.25) is 0 Å². The molecule has 0 saturated carbocycles. The molecule has 0 aliphatic rings. The van der Waals surface area contributed by atoms with Gasteiger partial charge in [-0.25, -0.2) is 14.5 Å². The predicted molar refractivity (Wildman–Crippen MR) is 60.3 cm³/mol. The van der Waals surface area contributed by atoms with Gasteiger partial charge in [0.15, 0.2) is 11.9 Å². The fourth-order valence-corrected chi connectivity index (χ4v) is 1.69. The highest BCUT2D eigenvalue weighted by Gasteiger charge is 2.27. The minimum absolute atomic E-state index is 0.00536. The van der Waals surface area contributed by atoms with Crippen molar-refractivity contribution in [2.45, 2.75) is 46.6 Å². The fourth-order valence-electron chi connectivity index (χ4n) is 1.69. The number of carboxylic acids is 1. The second-order valence-electron chi connectivity index (χ2n) is 4.12. The molecule has 0 spiro atoms. The highest BCUT2D eigenvalue weighted by atomic mass is 16.4. The van der Waals surface area contributed by atoms with Gasteiger partial charge in [0, 0.05) is 12.8 Å². The smallest absolute Gasteiger partial charge is 0.328 e. The molecule has 0 aliphatic heterocycles. The van der Waals surface area contributed by atoms with Crippen molar-refractivity contribution in [2.75, 3.05) is 0 Å². The van der Waals surface area contributed by atoms with E-state index in [-0.39, 0.29) is 5.92 Å². The van der Waals surface area contributed by atoms with E-state index in [1.807, 2.05) is 27.7 Å². The van der Waals surface area contributed by atoms with E-state index in [1.54, 1.807) is 4.68 Å². The molecule has 5 heteroatoms. The molecule has 0 aromatic carbocycles. The first-order valence-corrected chi connectivity index (χ1v) is 5.68. The monoisotopic (exact) mass is 225 g/mol. The van der Waals surface area contributed by atoms with Gasteiger partial charge in [0.05, 0.1) is 0 Å². The molecule has 1 aromatic heterocycles. The van der Waals surface area contributed by atoms with E-state index in [0.29, 0.717) is 12.2 Å². The van der Waals surface area contributed by atoms with Gasteiger partial charge < -0.3 is 5.11 Å². The van der Waals surface area contributed by atoms with Crippen LogP contribution in [0.1, 0.15) is 45.4 Å². The van der Waals surface area contributed by atoms with Crippen LogP contribution in [-0.2, 0) is 17.6 Å². The molecule has 1 aromatic rings. The van der Waals surface area contributed by atoms with E-state index in [9.17, 15) is 9.90 Å². The predicted octanol–water partition coefficient (Wildman–Crippen LogP) is 1.68. The number of carbonyl (C=O) groups is 1. The van der Waals surface area contributed by atoms with Gasteiger partial charge in [-0.05, 0) is 5.92 Å². The molecule has 90 valence electrons. The third kappa shape index (κ3) is 2.40. The van der Waals surface area contributed by atoms with Crippen LogP contribution in [-0.4, -0.2) is 25.8 Å². The molecule has 1 unspecified atom stereocenters. The standard InChI is InChI=1S/C11H19N3O2/c1-5-8-12-9(6-2)14(13-8)10(7(3)4)11(15)16/h7,10H,5-6H2,1-4H3,(H,15,16). The van der Waals surface area contributed by atoms with Crippen LogP contribution in [0, 0.1) is 5.92 Å². The highest BCUT2D eigenvalue weighted by molar-refractivity contribution is 5.72. The molecule has 5 nitrogen and oxygen atoms in total. The Bertz CT molecular complexity index is 371. The van der Waals surface area contributed by atoms with Gasteiger partial charge >= 0.3 is 5.97 Å².